The van der Waals surface area contributed by atoms with E-state index in [4.69, 9.17) is 0 Å². The average molecular weight is 350 g/mol. The van der Waals surface area contributed by atoms with Gasteiger partial charge < -0.3 is 15.3 Å². The van der Waals surface area contributed by atoms with E-state index in [0.29, 0.717) is 18.0 Å². The quantitative estimate of drug-likeness (QED) is 0.821. The van der Waals surface area contributed by atoms with Crippen molar-refractivity contribution in [1.29, 1.82) is 0 Å². The number of hydrogen-bond donors (Lipinski definition) is 2. The molecular weight excluding hydrogens is 328 g/mol. The maximum Gasteiger partial charge on any atom is 0.407 e. The van der Waals surface area contributed by atoms with Crippen molar-refractivity contribution in [2.75, 3.05) is 11.9 Å². The maximum absolute atomic E-state index is 12.5. The smallest absolute Gasteiger partial charge is 0.407 e. The lowest BCUT2D eigenvalue weighted by Gasteiger charge is -2.19. The third-order valence-corrected chi connectivity index (χ3v) is 5.16. The summed E-state index contributed by atoms with van der Waals surface area (Å²) < 4.78 is 0. The van der Waals surface area contributed by atoms with Crippen LogP contribution in [0.2, 0.25) is 0 Å². The molecule has 0 spiro atoms. The molecule has 26 heavy (non-hydrogen) atoms. The molecule has 2 aromatic carbocycles. The molecular formula is C21H22N2O3. The Hall–Kier alpha value is -2.82. The summed E-state index contributed by atoms with van der Waals surface area (Å²) in [5, 5.41) is 12.4. The first-order valence-corrected chi connectivity index (χ1v) is 9.08. The summed E-state index contributed by atoms with van der Waals surface area (Å²) in [6.07, 6.45) is 2.28. The second-order valence-corrected chi connectivity index (χ2v) is 7.23. The first-order valence-electron chi connectivity index (χ1n) is 9.08. The van der Waals surface area contributed by atoms with Gasteiger partial charge in [-0.25, -0.2) is 4.79 Å². The molecule has 134 valence electrons. The molecule has 5 heteroatoms. The molecule has 2 fully saturated rings. The average Bonchev–Trinajstić information content (AvgIpc) is 3.54. The number of para-hydroxylation sites is 1. The van der Waals surface area contributed by atoms with Gasteiger partial charge in [0.15, 0.2) is 0 Å². The van der Waals surface area contributed by atoms with Crippen LogP contribution in [0.5, 0.6) is 0 Å². The highest BCUT2D eigenvalue weighted by Crippen LogP contribution is 2.46. The number of carbonyl (C=O) groups is 2. The largest absolute Gasteiger partial charge is 0.465 e. The fraction of sp³-hybridized carbons (Fsp3) is 0.333. The zero-order valence-electron chi connectivity index (χ0n) is 14.5. The zero-order valence-corrected chi connectivity index (χ0v) is 14.5. The molecule has 0 bridgehead atoms. The number of rotatable bonds is 6. The normalized spacial score (nSPS) is 21.1. The molecule has 0 unspecified atom stereocenters. The van der Waals surface area contributed by atoms with Gasteiger partial charge in [-0.15, -0.1) is 0 Å². The van der Waals surface area contributed by atoms with Gasteiger partial charge in [0, 0.05) is 29.8 Å². The number of benzene rings is 2. The first-order chi connectivity index (χ1) is 12.6. The Kier molecular flexibility index (Phi) is 4.37. The van der Waals surface area contributed by atoms with Crippen LogP contribution >= 0.6 is 0 Å². The highest BCUT2D eigenvalue weighted by molar-refractivity contribution is 6.04. The Bertz CT molecular complexity index is 817. The molecule has 2 aliphatic carbocycles. The van der Waals surface area contributed by atoms with Crippen LogP contribution in [0, 0.1) is 5.92 Å². The summed E-state index contributed by atoms with van der Waals surface area (Å²) in [7, 11) is 0. The Morgan fingerprint density at radius 3 is 2.54 bits per heavy atom. The highest BCUT2D eigenvalue weighted by atomic mass is 16.4. The Balaban J connectivity index is 1.44. The van der Waals surface area contributed by atoms with Crippen molar-refractivity contribution >= 4 is 17.7 Å². The van der Waals surface area contributed by atoms with Gasteiger partial charge in [-0.1, -0.05) is 30.3 Å². The van der Waals surface area contributed by atoms with Gasteiger partial charge in [-0.2, -0.15) is 0 Å². The van der Waals surface area contributed by atoms with Gasteiger partial charge in [0.2, 0.25) is 0 Å². The van der Waals surface area contributed by atoms with Crippen molar-refractivity contribution in [2.45, 2.75) is 31.2 Å². The molecule has 0 aromatic heterocycles. The van der Waals surface area contributed by atoms with Crippen molar-refractivity contribution < 1.29 is 14.7 Å². The van der Waals surface area contributed by atoms with Gasteiger partial charge in [0.25, 0.3) is 5.91 Å². The summed E-state index contributed by atoms with van der Waals surface area (Å²) >= 11 is 0. The first kappa shape index (κ1) is 16.6. The van der Waals surface area contributed by atoms with Crippen molar-refractivity contribution in [3.8, 4) is 0 Å². The molecule has 2 saturated carbocycles. The number of carboxylic acid groups (broad SMARTS) is 1. The molecule has 2 aliphatic rings. The highest BCUT2D eigenvalue weighted by Gasteiger charge is 2.46. The fourth-order valence-corrected chi connectivity index (χ4v) is 3.45. The lowest BCUT2D eigenvalue weighted by Crippen LogP contribution is -2.34. The third-order valence-electron chi connectivity index (χ3n) is 5.16. The molecule has 0 heterocycles. The van der Waals surface area contributed by atoms with E-state index in [-0.39, 0.29) is 17.9 Å². The number of carbonyl (C=O) groups excluding carboxylic acids is 1. The predicted molar refractivity (Wildman–Crippen MR) is 99.4 cm³/mol. The van der Waals surface area contributed by atoms with Crippen LogP contribution in [0.25, 0.3) is 0 Å². The van der Waals surface area contributed by atoms with Crippen molar-refractivity contribution in [2.24, 2.45) is 5.92 Å². The second kappa shape index (κ2) is 6.83. The number of amides is 2. The Labute approximate surface area is 152 Å². The van der Waals surface area contributed by atoms with E-state index in [2.05, 4.69) is 5.32 Å². The minimum atomic E-state index is -0.831. The number of anilines is 1. The Morgan fingerprint density at radius 2 is 1.85 bits per heavy atom. The van der Waals surface area contributed by atoms with E-state index in [9.17, 15) is 14.7 Å². The SMILES string of the molecule is O=C(Nc1ccccc1)c1cccc([C@@H]2C[C@H]2N(CC2CC2)C(=O)O)c1. The standard InChI is InChI=1S/C21H22N2O3/c24-20(22-17-7-2-1-3-8-17)16-6-4-5-15(11-16)18-12-19(18)23(21(25)26)13-14-9-10-14/h1-8,11,14,18-19H,9-10,12-13H2,(H,22,24)(H,25,26)/t18-,19+/m0/s1. The van der Waals surface area contributed by atoms with E-state index in [1.807, 2.05) is 48.5 Å². The van der Waals surface area contributed by atoms with Crippen LogP contribution in [-0.4, -0.2) is 34.6 Å². The molecule has 2 aromatic rings. The summed E-state index contributed by atoms with van der Waals surface area (Å²) in [5.41, 5.74) is 2.40. The van der Waals surface area contributed by atoms with Gasteiger partial charge >= 0.3 is 6.09 Å². The molecule has 2 N–H and O–H groups in total. The molecule has 2 atom stereocenters. The summed E-state index contributed by atoms with van der Waals surface area (Å²) in [5.74, 6) is 0.577. The maximum atomic E-state index is 12.5. The van der Waals surface area contributed by atoms with Crippen LogP contribution in [0.4, 0.5) is 10.5 Å². The van der Waals surface area contributed by atoms with E-state index in [1.165, 1.54) is 0 Å². The summed E-state index contributed by atoms with van der Waals surface area (Å²) in [6.45, 7) is 0.644. The fourth-order valence-electron chi connectivity index (χ4n) is 3.45. The van der Waals surface area contributed by atoms with E-state index < -0.39 is 6.09 Å². The summed E-state index contributed by atoms with van der Waals surface area (Å²) in [6, 6.07) is 16.9. The second-order valence-electron chi connectivity index (χ2n) is 7.23. The van der Waals surface area contributed by atoms with Crippen molar-refractivity contribution in [3.05, 3.63) is 65.7 Å². The number of hydrogen-bond acceptors (Lipinski definition) is 2. The van der Waals surface area contributed by atoms with Crippen LogP contribution in [-0.2, 0) is 0 Å². The number of nitrogens with one attached hydrogen (secondary N) is 1. The lowest BCUT2D eigenvalue weighted by molar-refractivity contribution is 0.102. The minimum absolute atomic E-state index is 0.0422. The van der Waals surface area contributed by atoms with Gasteiger partial charge in [0.1, 0.15) is 0 Å². The molecule has 0 aliphatic heterocycles. The van der Waals surface area contributed by atoms with Gasteiger partial charge in [-0.3, -0.25) is 4.79 Å². The van der Waals surface area contributed by atoms with Crippen LogP contribution < -0.4 is 5.32 Å². The minimum Gasteiger partial charge on any atom is -0.465 e. The zero-order chi connectivity index (χ0) is 18.1. The Morgan fingerprint density at radius 1 is 1.08 bits per heavy atom. The number of nitrogens with zero attached hydrogens (tertiary/aromatic N) is 1. The van der Waals surface area contributed by atoms with Gasteiger partial charge in [-0.05, 0) is 55.0 Å². The third kappa shape index (κ3) is 3.72. The van der Waals surface area contributed by atoms with Crippen molar-refractivity contribution in [3.63, 3.8) is 0 Å². The summed E-state index contributed by atoms with van der Waals surface area (Å²) in [4.78, 5) is 25.6. The lowest BCUT2D eigenvalue weighted by atomic mass is 10.1. The molecule has 0 radical (unpaired) electrons. The van der Waals surface area contributed by atoms with Crippen LogP contribution in [0.15, 0.2) is 54.6 Å². The van der Waals surface area contributed by atoms with E-state index in [0.717, 1.165) is 30.5 Å². The predicted octanol–water partition coefficient (Wildman–Crippen LogP) is 4.18. The van der Waals surface area contributed by atoms with Crippen LogP contribution in [0.3, 0.4) is 0 Å². The van der Waals surface area contributed by atoms with E-state index in [1.54, 1.807) is 11.0 Å². The molecule has 5 nitrogen and oxygen atoms in total. The topological polar surface area (TPSA) is 69.6 Å². The molecule has 0 saturated heterocycles. The molecule has 2 amide bonds. The monoisotopic (exact) mass is 350 g/mol. The van der Waals surface area contributed by atoms with Gasteiger partial charge in [0.05, 0.1) is 0 Å². The van der Waals surface area contributed by atoms with E-state index >= 15 is 0 Å². The molecule has 4 rings (SSSR count). The van der Waals surface area contributed by atoms with Crippen LogP contribution in [0.1, 0.15) is 41.1 Å². The van der Waals surface area contributed by atoms with Crippen molar-refractivity contribution in [1.82, 2.24) is 4.90 Å².